The van der Waals surface area contributed by atoms with Crippen molar-refractivity contribution in [1.29, 1.82) is 0 Å². The van der Waals surface area contributed by atoms with E-state index in [0.717, 1.165) is 15.9 Å². The Balaban J connectivity index is 2.03. The Morgan fingerprint density at radius 3 is 3.00 bits per heavy atom. The van der Waals surface area contributed by atoms with Gasteiger partial charge in [0, 0.05) is 4.43 Å². The summed E-state index contributed by atoms with van der Waals surface area (Å²) in [5, 5.41) is 1.15. The average Bonchev–Trinajstić information content (AvgIpc) is 2.71. The molecule has 72 valence electrons. The van der Waals surface area contributed by atoms with Gasteiger partial charge >= 0.3 is 0 Å². The SMILES string of the molecule is ICC1CCC(c2ncc(I)s2)O1. The Bertz CT molecular complexity index is 291. The third-order valence-electron chi connectivity index (χ3n) is 2.05. The number of hydrogen-bond donors (Lipinski definition) is 0. The van der Waals surface area contributed by atoms with E-state index in [9.17, 15) is 0 Å². The Labute approximate surface area is 109 Å². The van der Waals surface area contributed by atoms with Crippen molar-refractivity contribution in [2.24, 2.45) is 0 Å². The van der Waals surface area contributed by atoms with Crippen LogP contribution in [0.5, 0.6) is 0 Å². The Morgan fingerprint density at radius 2 is 2.46 bits per heavy atom. The van der Waals surface area contributed by atoms with Crippen molar-refractivity contribution in [1.82, 2.24) is 4.98 Å². The van der Waals surface area contributed by atoms with Gasteiger partial charge in [0.05, 0.1) is 15.2 Å². The highest BCUT2D eigenvalue weighted by molar-refractivity contribution is 14.1. The molecule has 0 radical (unpaired) electrons. The molecule has 1 fully saturated rings. The van der Waals surface area contributed by atoms with Gasteiger partial charge in [-0.2, -0.15) is 0 Å². The molecule has 2 unspecified atom stereocenters. The minimum absolute atomic E-state index is 0.272. The zero-order valence-electron chi connectivity index (χ0n) is 6.87. The van der Waals surface area contributed by atoms with Crippen LogP contribution in [0, 0.1) is 2.88 Å². The number of rotatable bonds is 2. The zero-order chi connectivity index (χ0) is 9.26. The van der Waals surface area contributed by atoms with Crippen molar-refractivity contribution in [2.75, 3.05) is 4.43 Å². The lowest BCUT2D eigenvalue weighted by Gasteiger charge is -2.08. The molecule has 0 spiro atoms. The van der Waals surface area contributed by atoms with E-state index in [0.29, 0.717) is 6.10 Å². The third kappa shape index (κ3) is 2.54. The summed E-state index contributed by atoms with van der Waals surface area (Å²) < 4.78 is 8.19. The van der Waals surface area contributed by atoms with Crippen molar-refractivity contribution in [3.8, 4) is 0 Å². The molecule has 13 heavy (non-hydrogen) atoms. The standard InChI is InChI=1S/C8H9I2NOS/c9-3-5-1-2-6(12-5)8-11-4-7(10)13-8/h4-6H,1-3H2. The summed E-state index contributed by atoms with van der Waals surface area (Å²) in [6.07, 6.45) is 4.96. The maximum absolute atomic E-state index is 5.85. The second kappa shape index (κ2) is 4.71. The number of hydrogen-bond acceptors (Lipinski definition) is 3. The van der Waals surface area contributed by atoms with E-state index in [2.05, 4.69) is 50.2 Å². The first-order valence-corrected chi connectivity index (χ1v) is 7.54. The van der Waals surface area contributed by atoms with E-state index in [1.54, 1.807) is 11.3 Å². The molecule has 0 bridgehead atoms. The first-order chi connectivity index (χ1) is 6.29. The van der Waals surface area contributed by atoms with Crippen molar-refractivity contribution in [3.63, 3.8) is 0 Å². The molecule has 0 aromatic carbocycles. The van der Waals surface area contributed by atoms with E-state index in [-0.39, 0.29) is 6.10 Å². The van der Waals surface area contributed by atoms with Crippen LogP contribution < -0.4 is 0 Å². The molecule has 2 nitrogen and oxygen atoms in total. The molecule has 2 heterocycles. The molecule has 5 heteroatoms. The fourth-order valence-corrected chi connectivity index (χ4v) is 3.60. The summed E-state index contributed by atoms with van der Waals surface area (Å²) in [6.45, 7) is 0. The molecule has 2 rings (SSSR count). The van der Waals surface area contributed by atoms with Crippen LogP contribution in [0.25, 0.3) is 0 Å². The molecule has 1 aliphatic heterocycles. The van der Waals surface area contributed by atoms with E-state index >= 15 is 0 Å². The van der Waals surface area contributed by atoms with Crippen LogP contribution in [0.4, 0.5) is 0 Å². The van der Waals surface area contributed by atoms with Crippen molar-refractivity contribution < 1.29 is 4.74 Å². The summed E-state index contributed by atoms with van der Waals surface area (Å²) in [5.41, 5.74) is 0. The fourth-order valence-electron chi connectivity index (χ4n) is 1.42. The zero-order valence-corrected chi connectivity index (χ0v) is 12.0. The minimum atomic E-state index is 0.272. The first-order valence-electron chi connectivity index (χ1n) is 4.12. The first kappa shape index (κ1) is 10.6. The molecule has 0 amide bonds. The number of halogens is 2. The van der Waals surface area contributed by atoms with Crippen LogP contribution in [0.2, 0.25) is 0 Å². The van der Waals surface area contributed by atoms with Gasteiger partial charge in [-0.15, -0.1) is 11.3 Å². The number of alkyl halides is 1. The molecule has 1 aliphatic rings. The van der Waals surface area contributed by atoms with Crippen LogP contribution in [-0.4, -0.2) is 15.5 Å². The molecule has 0 aliphatic carbocycles. The summed E-state index contributed by atoms with van der Waals surface area (Å²) in [6, 6.07) is 0. The maximum atomic E-state index is 5.85. The van der Waals surface area contributed by atoms with Gasteiger partial charge in [0.2, 0.25) is 0 Å². The monoisotopic (exact) mass is 421 g/mol. The number of aromatic nitrogens is 1. The summed E-state index contributed by atoms with van der Waals surface area (Å²) in [7, 11) is 0. The highest BCUT2D eigenvalue weighted by Crippen LogP contribution is 2.35. The number of nitrogens with zero attached hydrogens (tertiary/aromatic N) is 1. The highest BCUT2D eigenvalue weighted by Gasteiger charge is 2.27. The maximum Gasteiger partial charge on any atom is 0.122 e. The van der Waals surface area contributed by atoms with Gasteiger partial charge in [0.15, 0.2) is 0 Å². The molecule has 1 aromatic heterocycles. The molecule has 1 saturated heterocycles. The molecular formula is C8H9I2NOS. The highest BCUT2D eigenvalue weighted by atomic mass is 127. The number of ether oxygens (including phenoxy) is 1. The summed E-state index contributed by atoms with van der Waals surface area (Å²) in [4.78, 5) is 4.35. The quantitative estimate of drug-likeness (QED) is 0.540. The Kier molecular flexibility index (Phi) is 3.83. The lowest BCUT2D eigenvalue weighted by Crippen LogP contribution is -2.06. The van der Waals surface area contributed by atoms with Gasteiger partial charge in [-0.1, -0.05) is 22.6 Å². The van der Waals surface area contributed by atoms with Crippen molar-refractivity contribution in [3.05, 3.63) is 14.1 Å². The van der Waals surface area contributed by atoms with Gasteiger partial charge in [-0.05, 0) is 35.4 Å². The van der Waals surface area contributed by atoms with E-state index < -0.39 is 0 Å². The molecule has 2 atom stereocenters. The van der Waals surface area contributed by atoms with Crippen LogP contribution >= 0.6 is 56.5 Å². The van der Waals surface area contributed by atoms with Crippen LogP contribution in [0.1, 0.15) is 24.0 Å². The van der Waals surface area contributed by atoms with Gasteiger partial charge in [0.1, 0.15) is 11.1 Å². The number of thiazole rings is 1. The average molecular weight is 421 g/mol. The lowest BCUT2D eigenvalue weighted by molar-refractivity contribution is 0.0596. The fraction of sp³-hybridized carbons (Fsp3) is 0.625. The van der Waals surface area contributed by atoms with Crippen LogP contribution in [0.3, 0.4) is 0 Å². The summed E-state index contributed by atoms with van der Waals surface area (Å²) >= 11 is 6.43. The molecular weight excluding hydrogens is 412 g/mol. The largest absolute Gasteiger partial charge is 0.367 e. The van der Waals surface area contributed by atoms with E-state index in [1.807, 2.05) is 6.20 Å². The second-order valence-corrected chi connectivity index (χ2v) is 6.82. The third-order valence-corrected chi connectivity index (χ3v) is 4.85. The normalized spacial score (nSPS) is 28.2. The smallest absolute Gasteiger partial charge is 0.122 e. The van der Waals surface area contributed by atoms with Gasteiger partial charge < -0.3 is 4.74 Å². The second-order valence-electron chi connectivity index (χ2n) is 2.98. The summed E-state index contributed by atoms with van der Waals surface area (Å²) in [5.74, 6) is 0. The Morgan fingerprint density at radius 1 is 1.62 bits per heavy atom. The molecule has 0 N–H and O–H groups in total. The van der Waals surface area contributed by atoms with Gasteiger partial charge in [-0.3, -0.25) is 0 Å². The Hall–Kier alpha value is 1.05. The van der Waals surface area contributed by atoms with Crippen LogP contribution in [-0.2, 0) is 4.74 Å². The minimum Gasteiger partial charge on any atom is -0.367 e. The predicted octanol–water partition coefficient (Wildman–Crippen LogP) is 3.40. The topological polar surface area (TPSA) is 22.1 Å². The van der Waals surface area contributed by atoms with E-state index in [1.165, 1.54) is 9.30 Å². The molecule has 1 aromatic rings. The van der Waals surface area contributed by atoms with Gasteiger partial charge in [-0.25, -0.2) is 4.98 Å². The van der Waals surface area contributed by atoms with E-state index in [4.69, 9.17) is 4.74 Å². The molecule has 0 saturated carbocycles. The van der Waals surface area contributed by atoms with Gasteiger partial charge in [0.25, 0.3) is 0 Å². The van der Waals surface area contributed by atoms with Crippen molar-refractivity contribution >= 4 is 56.5 Å². The lowest BCUT2D eigenvalue weighted by atomic mass is 10.2. The van der Waals surface area contributed by atoms with Crippen molar-refractivity contribution in [2.45, 2.75) is 25.0 Å². The predicted molar refractivity (Wildman–Crippen MR) is 70.6 cm³/mol. The van der Waals surface area contributed by atoms with Crippen LogP contribution in [0.15, 0.2) is 6.20 Å².